The summed E-state index contributed by atoms with van der Waals surface area (Å²) in [5.74, 6) is -0.245. The summed E-state index contributed by atoms with van der Waals surface area (Å²) < 4.78 is 0. The van der Waals surface area contributed by atoms with E-state index >= 15 is 0 Å². The van der Waals surface area contributed by atoms with E-state index in [4.69, 9.17) is 0 Å². The molecule has 1 aliphatic carbocycles. The summed E-state index contributed by atoms with van der Waals surface area (Å²) in [6.07, 6.45) is 5.85. The van der Waals surface area contributed by atoms with E-state index in [0.717, 1.165) is 12.8 Å². The fourth-order valence-electron chi connectivity index (χ4n) is 2.48. The van der Waals surface area contributed by atoms with Crippen LogP contribution in [0.1, 0.15) is 32.1 Å². The minimum absolute atomic E-state index is 0.0847. The first-order chi connectivity index (χ1) is 9.66. The maximum atomic E-state index is 11.8. The van der Waals surface area contributed by atoms with Gasteiger partial charge in [-0.3, -0.25) is 14.9 Å². The second-order valence-corrected chi connectivity index (χ2v) is 5.04. The van der Waals surface area contributed by atoms with Crippen LogP contribution >= 0.6 is 0 Å². The largest absolute Gasteiger partial charge is 0.319 e. The molecule has 6 heteroatoms. The number of nitro benzene ring substituents is 1. The van der Waals surface area contributed by atoms with Crippen molar-refractivity contribution in [3.8, 4) is 0 Å². The maximum Gasteiger partial charge on any atom is 0.292 e. The number of carbonyl (C=O) groups excluding carboxylic acids is 1. The van der Waals surface area contributed by atoms with Gasteiger partial charge in [0.25, 0.3) is 5.69 Å². The summed E-state index contributed by atoms with van der Waals surface area (Å²) in [4.78, 5) is 22.2. The lowest BCUT2D eigenvalue weighted by atomic mass is 9.95. The molecular weight excluding hydrogens is 258 g/mol. The minimum Gasteiger partial charge on any atom is -0.319 e. The van der Waals surface area contributed by atoms with E-state index in [1.54, 1.807) is 12.1 Å². The van der Waals surface area contributed by atoms with Crippen LogP contribution in [0.15, 0.2) is 24.3 Å². The molecule has 1 aromatic carbocycles. The Hall–Kier alpha value is -1.95. The maximum absolute atomic E-state index is 11.8. The molecule has 0 saturated heterocycles. The SMILES string of the molecule is O=C(CNC1CCCCC1)Nc1ccccc1[N+](=O)[O-]. The Balaban J connectivity index is 1.86. The van der Waals surface area contributed by atoms with Gasteiger partial charge in [-0.1, -0.05) is 31.4 Å². The van der Waals surface area contributed by atoms with Crippen LogP contribution < -0.4 is 10.6 Å². The summed E-state index contributed by atoms with van der Waals surface area (Å²) >= 11 is 0. The first-order valence-electron chi connectivity index (χ1n) is 6.93. The third-order valence-electron chi connectivity index (χ3n) is 3.53. The van der Waals surface area contributed by atoms with Gasteiger partial charge in [-0.2, -0.15) is 0 Å². The van der Waals surface area contributed by atoms with Crippen molar-refractivity contribution < 1.29 is 9.72 Å². The second kappa shape index (κ2) is 7.00. The van der Waals surface area contributed by atoms with Gasteiger partial charge in [-0.25, -0.2) is 0 Å². The van der Waals surface area contributed by atoms with Crippen LogP contribution in [-0.2, 0) is 4.79 Å². The van der Waals surface area contributed by atoms with Crippen LogP contribution in [0.5, 0.6) is 0 Å². The van der Waals surface area contributed by atoms with Crippen molar-refractivity contribution in [3.63, 3.8) is 0 Å². The number of nitrogens with one attached hydrogen (secondary N) is 2. The molecule has 20 heavy (non-hydrogen) atoms. The van der Waals surface area contributed by atoms with Gasteiger partial charge in [-0.05, 0) is 18.9 Å². The van der Waals surface area contributed by atoms with Gasteiger partial charge in [0.15, 0.2) is 0 Å². The molecule has 1 fully saturated rings. The highest BCUT2D eigenvalue weighted by Crippen LogP contribution is 2.23. The number of hydrogen-bond acceptors (Lipinski definition) is 4. The highest BCUT2D eigenvalue weighted by atomic mass is 16.6. The Morgan fingerprint density at radius 1 is 1.25 bits per heavy atom. The first-order valence-corrected chi connectivity index (χ1v) is 6.93. The molecule has 0 spiro atoms. The number of nitrogens with zero attached hydrogens (tertiary/aromatic N) is 1. The summed E-state index contributed by atoms with van der Waals surface area (Å²) in [7, 11) is 0. The molecule has 1 amide bonds. The Morgan fingerprint density at radius 3 is 2.65 bits per heavy atom. The number of amides is 1. The molecule has 1 aliphatic rings. The number of hydrogen-bond donors (Lipinski definition) is 2. The fraction of sp³-hybridized carbons (Fsp3) is 0.500. The van der Waals surface area contributed by atoms with Crippen molar-refractivity contribution >= 4 is 17.3 Å². The van der Waals surface area contributed by atoms with Crippen molar-refractivity contribution in [1.82, 2.24) is 5.32 Å². The molecule has 2 N–H and O–H groups in total. The molecule has 1 aromatic rings. The van der Waals surface area contributed by atoms with E-state index < -0.39 is 4.92 Å². The predicted octanol–water partition coefficient (Wildman–Crippen LogP) is 2.46. The van der Waals surface area contributed by atoms with Crippen LogP contribution in [0.4, 0.5) is 11.4 Å². The quantitative estimate of drug-likeness (QED) is 0.639. The predicted molar refractivity (Wildman–Crippen MR) is 76.6 cm³/mol. The number of benzene rings is 1. The average molecular weight is 277 g/mol. The second-order valence-electron chi connectivity index (χ2n) is 5.04. The highest BCUT2D eigenvalue weighted by Gasteiger charge is 2.16. The third kappa shape index (κ3) is 4.03. The van der Waals surface area contributed by atoms with Gasteiger partial charge in [0.2, 0.25) is 5.91 Å². The third-order valence-corrected chi connectivity index (χ3v) is 3.53. The van der Waals surface area contributed by atoms with E-state index in [1.807, 2.05) is 0 Å². The van der Waals surface area contributed by atoms with Gasteiger partial charge in [0, 0.05) is 12.1 Å². The number of carbonyl (C=O) groups is 1. The Kier molecular flexibility index (Phi) is 5.06. The molecular formula is C14H19N3O3. The number of rotatable bonds is 5. The summed E-state index contributed by atoms with van der Waals surface area (Å²) in [5.41, 5.74) is 0.159. The summed E-state index contributed by atoms with van der Waals surface area (Å²) in [6, 6.07) is 6.55. The zero-order valence-corrected chi connectivity index (χ0v) is 11.3. The molecule has 0 radical (unpaired) electrons. The van der Waals surface area contributed by atoms with Crippen molar-refractivity contribution in [2.75, 3.05) is 11.9 Å². The number of nitro groups is 1. The molecule has 0 unspecified atom stereocenters. The van der Waals surface area contributed by atoms with Crippen LogP contribution in [0.25, 0.3) is 0 Å². The zero-order chi connectivity index (χ0) is 14.4. The van der Waals surface area contributed by atoms with Gasteiger partial charge in [0.1, 0.15) is 5.69 Å². The van der Waals surface area contributed by atoms with E-state index in [-0.39, 0.29) is 23.8 Å². The molecule has 2 rings (SSSR count). The Morgan fingerprint density at radius 2 is 1.95 bits per heavy atom. The molecule has 0 bridgehead atoms. The van der Waals surface area contributed by atoms with Crippen LogP contribution in [0.3, 0.4) is 0 Å². The molecule has 0 atom stereocenters. The van der Waals surface area contributed by atoms with Gasteiger partial charge >= 0.3 is 0 Å². The van der Waals surface area contributed by atoms with Gasteiger partial charge < -0.3 is 10.6 Å². The molecule has 0 aromatic heterocycles. The highest BCUT2D eigenvalue weighted by molar-refractivity contribution is 5.94. The van der Waals surface area contributed by atoms with E-state index in [2.05, 4.69) is 10.6 Å². The first kappa shape index (κ1) is 14.5. The van der Waals surface area contributed by atoms with Crippen molar-refractivity contribution in [2.45, 2.75) is 38.1 Å². The van der Waals surface area contributed by atoms with Crippen LogP contribution in [0, 0.1) is 10.1 Å². The monoisotopic (exact) mass is 277 g/mol. The lowest BCUT2D eigenvalue weighted by molar-refractivity contribution is -0.383. The average Bonchev–Trinajstić information content (AvgIpc) is 2.46. The normalized spacial score (nSPS) is 15.8. The molecule has 0 aliphatic heterocycles. The molecule has 0 heterocycles. The van der Waals surface area contributed by atoms with Crippen molar-refractivity contribution in [1.29, 1.82) is 0 Å². The lowest BCUT2D eigenvalue weighted by Gasteiger charge is -2.22. The van der Waals surface area contributed by atoms with E-state index in [1.165, 1.54) is 31.4 Å². The number of anilines is 1. The van der Waals surface area contributed by atoms with Crippen LogP contribution in [-0.4, -0.2) is 23.4 Å². The van der Waals surface area contributed by atoms with Gasteiger partial charge in [-0.15, -0.1) is 0 Å². The smallest absolute Gasteiger partial charge is 0.292 e. The fourth-order valence-corrected chi connectivity index (χ4v) is 2.48. The van der Waals surface area contributed by atoms with Crippen molar-refractivity contribution in [2.24, 2.45) is 0 Å². The summed E-state index contributed by atoms with van der Waals surface area (Å²) in [6.45, 7) is 0.191. The summed E-state index contributed by atoms with van der Waals surface area (Å²) in [5, 5.41) is 16.6. The molecule has 1 saturated carbocycles. The topological polar surface area (TPSA) is 84.3 Å². The van der Waals surface area contributed by atoms with Gasteiger partial charge in [0.05, 0.1) is 11.5 Å². The Bertz CT molecular complexity index is 484. The van der Waals surface area contributed by atoms with E-state index in [0.29, 0.717) is 6.04 Å². The number of para-hydroxylation sites is 2. The minimum atomic E-state index is -0.496. The molecule has 6 nitrogen and oxygen atoms in total. The van der Waals surface area contributed by atoms with E-state index in [9.17, 15) is 14.9 Å². The Labute approximate surface area is 117 Å². The lowest BCUT2D eigenvalue weighted by Crippen LogP contribution is -2.37. The van der Waals surface area contributed by atoms with Crippen molar-refractivity contribution in [3.05, 3.63) is 34.4 Å². The van der Waals surface area contributed by atoms with Crippen LogP contribution in [0.2, 0.25) is 0 Å². The standard InChI is InChI=1S/C14H19N3O3/c18-14(10-15-11-6-2-1-3-7-11)16-12-8-4-5-9-13(12)17(19)20/h4-5,8-9,11,15H,1-3,6-7,10H2,(H,16,18). The molecule has 108 valence electrons. The zero-order valence-electron chi connectivity index (χ0n) is 11.3.